The van der Waals surface area contributed by atoms with Gasteiger partial charge < -0.3 is 5.73 Å². The molecular formula is C12H11BrFN3O2S. The van der Waals surface area contributed by atoms with Gasteiger partial charge in [0.15, 0.2) is 0 Å². The number of nitrogens with two attached hydrogens (primary N) is 1. The van der Waals surface area contributed by atoms with Crippen LogP contribution >= 0.6 is 15.9 Å². The SMILES string of the molecule is Cc1cc(Br)c(N)cc1S(=O)(=O)Nc1ccc(F)nc1. The third kappa shape index (κ3) is 3.07. The Bertz CT molecular complexity index is 748. The average Bonchev–Trinajstić information content (AvgIpc) is 2.36. The molecule has 1 heterocycles. The third-order valence-electron chi connectivity index (χ3n) is 2.56. The van der Waals surface area contributed by atoms with E-state index in [0.29, 0.717) is 15.7 Å². The zero-order chi connectivity index (χ0) is 14.9. The second-order valence-corrected chi connectivity index (χ2v) is 6.62. The van der Waals surface area contributed by atoms with Crippen LogP contribution in [0.3, 0.4) is 0 Å². The fraction of sp³-hybridized carbons (Fsp3) is 0.0833. The van der Waals surface area contributed by atoms with E-state index >= 15 is 0 Å². The van der Waals surface area contributed by atoms with Crippen LogP contribution in [0.4, 0.5) is 15.8 Å². The molecule has 20 heavy (non-hydrogen) atoms. The molecule has 3 N–H and O–H groups in total. The van der Waals surface area contributed by atoms with Crippen molar-refractivity contribution in [2.24, 2.45) is 0 Å². The molecule has 106 valence electrons. The Morgan fingerprint density at radius 1 is 1.35 bits per heavy atom. The summed E-state index contributed by atoms with van der Waals surface area (Å²) in [7, 11) is -3.81. The van der Waals surface area contributed by atoms with Gasteiger partial charge >= 0.3 is 0 Å². The summed E-state index contributed by atoms with van der Waals surface area (Å²) in [5, 5.41) is 0. The van der Waals surface area contributed by atoms with E-state index in [4.69, 9.17) is 5.73 Å². The van der Waals surface area contributed by atoms with Gasteiger partial charge in [0, 0.05) is 10.2 Å². The van der Waals surface area contributed by atoms with E-state index in [9.17, 15) is 12.8 Å². The number of hydrogen-bond donors (Lipinski definition) is 2. The molecule has 0 atom stereocenters. The van der Waals surface area contributed by atoms with Crippen molar-refractivity contribution in [3.63, 3.8) is 0 Å². The molecule has 0 aliphatic rings. The van der Waals surface area contributed by atoms with Crippen LogP contribution in [0.25, 0.3) is 0 Å². The van der Waals surface area contributed by atoms with Crippen LogP contribution in [0.2, 0.25) is 0 Å². The molecule has 0 spiro atoms. The fourth-order valence-electron chi connectivity index (χ4n) is 1.60. The first-order valence-electron chi connectivity index (χ1n) is 5.49. The van der Waals surface area contributed by atoms with Crippen LogP contribution in [-0.2, 0) is 10.0 Å². The van der Waals surface area contributed by atoms with Crippen LogP contribution in [0.15, 0.2) is 39.8 Å². The van der Waals surface area contributed by atoms with Gasteiger partial charge in [0.1, 0.15) is 0 Å². The van der Waals surface area contributed by atoms with E-state index in [1.807, 2.05) is 0 Å². The highest BCUT2D eigenvalue weighted by molar-refractivity contribution is 9.10. The maximum Gasteiger partial charge on any atom is 0.262 e. The van der Waals surface area contributed by atoms with E-state index < -0.39 is 16.0 Å². The summed E-state index contributed by atoms with van der Waals surface area (Å²) in [4.78, 5) is 3.44. The fourth-order valence-corrected chi connectivity index (χ4v) is 3.37. The lowest BCUT2D eigenvalue weighted by Crippen LogP contribution is -2.15. The van der Waals surface area contributed by atoms with Crippen molar-refractivity contribution in [2.45, 2.75) is 11.8 Å². The van der Waals surface area contributed by atoms with Crippen molar-refractivity contribution in [1.29, 1.82) is 0 Å². The number of aromatic nitrogens is 1. The van der Waals surface area contributed by atoms with Gasteiger partial charge in [-0.2, -0.15) is 4.39 Å². The summed E-state index contributed by atoms with van der Waals surface area (Å²) < 4.78 is 40.2. The molecule has 0 saturated carbocycles. The number of sulfonamides is 1. The Hall–Kier alpha value is -1.67. The van der Waals surface area contributed by atoms with E-state index in [-0.39, 0.29) is 10.6 Å². The lowest BCUT2D eigenvalue weighted by atomic mass is 10.2. The van der Waals surface area contributed by atoms with Crippen molar-refractivity contribution in [2.75, 3.05) is 10.5 Å². The Morgan fingerprint density at radius 3 is 2.65 bits per heavy atom. The first-order valence-corrected chi connectivity index (χ1v) is 7.77. The second kappa shape index (κ2) is 5.37. The molecule has 5 nitrogen and oxygen atoms in total. The molecule has 0 bridgehead atoms. The predicted octanol–water partition coefficient (Wildman–Crippen LogP) is 2.67. The summed E-state index contributed by atoms with van der Waals surface area (Å²) in [6, 6.07) is 5.34. The van der Waals surface area contributed by atoms with E-state index in [2.05, 4.69) is 25.6 Å². The van der Waals surface area contributed by atoms with Gasteiger partial charge in [0.2, 0.25) is 5.95 Å². The first-order chi connectivity index (χ1) is 9.29. The Balaban J connectivity index is 2.40. The average molecular weight is 360 g/mol. The molecule has 0 saturated heterocycles. The highest BCUT2D eigenvalue weighted by atomic mass is 79.9. The van der Waals surface area contributed by atoms with Gasteiger partial charge in [0.25, 0.3) is 10.0 Å². The third-order valence-corrected chi connectivity index (χ3v) is 4.77. The molecule has 2 rings (SSSR count). The standard InChI is InChI=1S/C12H11BrFN3O2S/c1-7-4-9(13)10(15)5-11(7)20(18,19)17-8-2-3-12(14)16-6-8/h2-6,17H,15H2,1H3. The van der Waals surface area contributed by atoms with Crippen molar-refractivity contribution in [3.05, 3.63) is 46.4 Å². The monoisotopic (exact) mass is 359 g/mol. The highest BCUT2D eigenvalue weighted by Gasteiger charge is 2.18. The minimum Gasteiger partial charge on any atom is -0.398 e. The van der Waals surface area contributed by atoms with Crippen molar-refractivity contribution in [1.82, 2.24) is 4.98 Å². The number of aryl methyl sites for hydroxylation is 1. The highest BCUT2D eigenvalue weighted by Crippen LogP contribution is 2.27. The van der Waals surface area contributed by atoms with Crippen LogP contribution in [0.5, 0.6) is 0 Å². The maximum absolute atomic E-state index is 12.7. The molecule has 1 aromatic carbocycles. The number of benzene rings is 1. The van der Waals surface area contributed by atoms with E-state index in [1.54, 1.807) is 13.0 Å². The number of pyridine rings is 1. The molecule has 8 heteroatoms. The number of nitrogens with zero attached hydrogens (tertiary/aromatic N) is 1. The lowest BCUT2D eigenvalue weighted by molar-refractivity contribution is 0.583. The Morgan fingerprint density at radius 2 is 2.05 bits per heavy atom. The van der Waals surface area contributed by atoms with Gasteiger partial charge in [-0.05, 0) is 52.7 Å². The van der Waals surface area contributed by atoms with Crippen LogP contribution in [0.1, 0.15) is 5.56 Å². The largest absolute Gasteiger partial charge is 0.398 e. The number of nitrogen functional groups attached to an aromatic ring is 1. The number of hydrogen-bond acceptors (Lipinski definition) is 4. The summed E-state index contributed by atoms with van der Waals surface area (Å²) in [6.07, 6.45) is 1.10. The number of rotatable bonds is 3. The summed E-state index contributed by atoms with van der Waals surface area (Å²) >= 11 is 3.23. The van der Waals surface area contributed by atoms with Crippen molar-refractivity contribution < 1.29 is 12.8 Å². The summed E-state index contributed by atoms with van der Waals surface area (Å²) in [5.74, 6) is -0.683. The van der Waals surface area contributed by atoms with Gasteiger partial charge in [-0.1, -0.05) is 0 Å². The number of halogens is 2. The molecule has 0 amide bonds. The minimum atomic E-state index is -3.81. The van der Waals surface area contributed by atoms with Crippen molar-refractivity contribution in [3.8, 4) is 0 Å². The molecule has 0 radical (unpaired) electrons. The van der Waals surface area contributed by atoms with E-state index in [1.165, 1.54) is 12.1 Å². The van der Waals surface area contributed by atoms with Gasteiger partial charge in [-0.3, -0.25) is 4.72 Å². The smallest absolute Gasteiger partial charge is 0.262 e. The zero-order valence-electron chi connectivity index (χ0n) is 10.4. The molecular weight excluding hydrogens is 349 g/mol. The summed E-state index contributed by atoms with van der Waals surface area (Å²) in [5.41, 5.74) is 6.72. The number of nitrogens with one attached hydrogen (secondary N) is 1. The lowest BCUT2D eigenvalue weighted by Gasteiger charge is -2.11. The van der Waals surface area contributed by atoms with Crippen LogP contribution in [-0.4, -0.2) is 13.4 Å². The van der Waals surface area contributed by atoms with Gasteiger partial charge in [0.05, 0.1) is 16.8 Å². The second-order valence-electron chi connectivity index (χ2n) is 4.11. The Labute approximate surface area is 124 Å². The molecule has 2 aromatic rings. The molecule has 0 aliphatic carbocycles. The maximum atomic E-state index is 12.7. The quantitative estimate of drug-likeness (QED) is 0.651. The Kier molecular flexibility index (Phi) is 3.96. The van der Waals surface area contributed by atoms with Gasteiger partial charge in [-0.25, -0.2) is 13.4 Å². The van der Waals surface area contributed by atoms with E-state index in [0.717, 1.165) is 12.3 Å². The number of anilines is 2. The molecule has 1 aromatic heterocycles. The van der Waals surface area contributed by atoms with Crippen LogP contribution in [0, 0.1) is 12.9 Å². The topological polar surface area (TPSA) is 85.1 Å². The predicted molar refractivity (Wildman–Crippen MR) is 78.3 cm³/mol. The molecule has 0 unspecified atom stereocenters. The zero-order valence-corrected chi connectivity index (χ0v) is 12.8. The molecule has 0 aliphatic heterocycles. The normalized spacial score (nSPS) is 11.3. The molecule has 0 fully saturated rings. The van der Waals surface area contributed by atoms with Crippen molar-refractivity contribution >= 4 is 37.3 Å². The van der Waals surface area contributed by atoms with Crippen LogP contribution < -0.4 is 10.5 Å². The first kappa shape index (κ1) is 14.7. The minimum absolute atomic E-state index is 0.0579. The van der Waals surface area contributed by atoms with Gasteiger partial charge in [-0.15, -0.1) is 0 Å². The summed E-state index contributed by atoms with van der Waals surface area (Å²) in [6.45, 7) is 1.65.